The van der Waals surface area contributed by atoms with Gasteiger partial charge < -0.3 is 0 Å². The molecule has 10 rings (SSSR count). The summed E-state index contributed by atoms with van der Waals surface area (Å²) in [5.41, 5.74) is 11.9. The lowest BCUT2D eigenvalue weighted by atomic mass is 9.90. The highest BCUT2D eigenvalue weighted by Crippen LogP contribution is 2.45. The molecular formula is C50H32N2S. The molecule has 0 saturated heterocycles. The van der Waals surface area contributed by atoms with Crippen molar-refractivity contribution in [3.8, 4) is 67.3 Å². The highest BCUT2D eigenvalue weighted by Gasteiger charge is 2.18. The number of aromatic nitrogens is 2. The van der Waals surface area contributed by atoms with Gasteiger partial charge in [-0.3, -0.25) is 0 Å². The molecule has 248 valence electrons. The SMILES string of the molecule is c1ccc(-c2cc(-c3cc(-c4ccccc4)nc(-c4ccccc4)n3)cc(-c3cc(-c4ccccc4)cc4sc5cc6ccccc6cc5c34)c2)cc1. The summed E-state index contributed by atoms with van der Waals surface area (Å²) in [6.07, 6.45) is 0. The lowest BCUT2D eigenvalue weighted by Crippen LogP contribution is -1.96. The van der Waals surface area contributed by atoms with Crippen LogP contribution in [0.5, 0.6) is 0 Å². The molecule has 10 aromatic rings. The van der Waals surface area contributed by atoms with Crippen LogP contribution in [0.2, 0.25) is 0 Å². The van der Waals surface area contributed by atoms with Crippen LogP contribution in [0.15, 0.2) is 194 Å². The van der Waals surface area contributed by atoms with E-state index in [-0.39, 0.29) is 0 Å². The van der Waals surface area contributed by atoms with E-state index in [1.165, 1.54) is 47.6 Å². The Hall–Kier alpha value is -6.68. The molecule has 0 aliphatic rings. The minimum Gasteiger partial charge on any atom is -0.228 e. The molecule has 0 unspecified atom stereocenters. The smallest absolute Gasteiger partial charge is 0.160 e. The molecule has 2 nitrogen and oxygen atoms in total. The molecule has 0 aliphatic carbocycles. The maximum Gasteiger partial charge on any atom is 0.160 e. The topological polar surface area (TPSA) is 25.8 Å². The van der Waals surface area contributed by atoms with Gasteiger partial charge in [0.05, 0.1) is 11.4 Å². The van der Waals surface area contributed by atoms with E-state index in [2.05, 4.69) is 170 Å². The number of hydrogen-bond acceptors (Lipinski definition) is 3. The normalized spacial score (nSPS) is 11.4. The third-order valence-corrected chi connectivity index (χ3v) is 11.1. The summed E-state index contributed by atoms with van der Waals surface area (Å²) in [6, 6.07) is 69.3. The molecule has 0 atom stereocenters. The van der Waals surface area contributed by atoms with Gasteiger partial charge in [0.1, 0.15) is 0 Å². The van der Waals surface area contributed by atoms with E-state index in [0.29, 0.717) is 5.82 Å². The first kappa shape index (κ1) is 31.1. The predicted molar refractivity (Wildman–Crippen MR) is 225 cm³/mol. The van der Waals surface area contributed by atoms with Gasteiger partial charge in [0, 0.05) is 36.9 Å². The maximum absolute atomic E-state index is 5.26. The molecule has 0 aliphatic heterocycles. The molecule has 2 aromatic heterocycles. The average molecular weight is 693 g/mol. The molecule has 0 bridgehead atoms. The molecule has 53 heavy (non-hydrogen) atoms. The van der Waals surface area contributed by atoms with E-state index in [4.69, 9.17) is 9.97 Å². The third-order valence-electron chi connectivity index (χ3n) is 10.0. The van der Waals surface area contributed by atoms with Crippen molar-refractivity contribution in [3.63, 3.8) is 0 Å². The first-order valence-corrected chi connectivity index (χ1v) is 18.7. The fourth-order valence-electron chi connectivity index (χ4n) is 7.41. The lowest BCUT2D eigenvalue weighted by Gasteiger charge is -2.15. The Kier molecular flexibility index (Phi) is 7.71. The summed E-state index contributed by atoms with van der Waals surface area (Å²) in [6.45, 7) is 0. The zero-order valence-electron chi connectivity index (χ0n) is 28.8. The summed E-state index contributed by atoms with van der Waals surface area (Å²) >= 11 is 1.87. The molecule has 0 fully saturated rings. The lowest BCUT2D eigenvalue weighted by molar-refractivity contribution is 1.18. The minimum atomic E-state index is 0.706. The second-order valence-electron chi connectivity index (χ2n) is 13.4. The largest absolute Gasteiger partial charge is 0.228 e. The quantitative estimate of drug-likeness (QED) is 0.173. The Bertz CT molecular complexity index is 2860. The van der Waals surface area contributed by atoms with Gasteiger partial charge in [-0.25, -0.2) is 9.97 Å². The first-order chi connectivity index (χ1) is 26.2. The van der Waals surface area contributed by atoms with Crippen molar-refractivity contribution in [1.29, 1.82) is 0 Å². The Labute approximate surface area is 312 Å². The zero-order valence-corrected chi connectivity index (χ0v) is 29.6. The second kappa shape index (κ2) is 13.1. The van der Waals surface area contributed by atoms with Crippen molar-refractivity contribution in [2.45, 2.75) is 0 Å². The van der Waals surface area contributed by atoms with E-state index >= 15 is 0 Å². The van der Waals surface area contributed by atoms with Gasteiger partial charge in [0.2, 0.25) is 0 Å². The molecular weight excluding hydrogens is 661 g/mol. The number of rotatable bonds is 6. The number of nitrogens with zero attached hydrogens (tertiary/aromatic N) is 2. The fourth-order valence-corrected chi connectivity index (χ4v) is 8.61. The van der Waals surface area contributed by atoms with Crippen LogP contribution in [-0.4, -0.2) is 9.97 Å². The van der Waals surface area contributed by atoms with Crippen LogP contribution < -0.4 is 0 Å². The highest BCUT2D eigenvalue weighted by molar-refractivity contribution is 7.26. The van der Waals surface area contributed by atoms with Crippen LogP contribution in [0.4, 0.5) is 0 Å². The van der Waals surface area contributed by atoms with Gasteiger partial charge in [0.15, 0.2) is 5.82 Å². The summed E-state index contributed by atoms with van der Waals surface area (Å²) in [5.74, 6) is 0.706. The third kappa shape index (κ3) is 5.87. The maximum atomic E-state index is 5.26. The van der Waals surface area contributed by atoms with E-state index in [9.17, 15) is 0 Å². The van der Waals surface area contributed by atoms with Crippen LogP contribution in [0.3, 0.4) is 0 Å². The number of fused-ring (bicyclic) bond motifs is 4. The molecule has 2 heterocycles. The van der Waals surface area contributed by atoms with Gasteiger partial charge in [-0.05, 0) is 92.7 Å². The van der Waals surface area contributed by atoms with Crippen LogP contribution in [0.1, 0.15) is 0 Å². The van der Waals surface area contributed by atoms with Crippen LogP contribution >= 0.6 is 11.3 Å². The predicted octanol–water partition coefficient (Wildman–Crippen LogP) is 14.0. The Morgan fingerprint density at radius 1 is 0.321 bits per heavy atom. The molecule has 8 aromatic carbocycles. The second-order valence-corrected chi connectivity index (χ2v) is 14.5. The van der Waals surface area contributed by atoms with Crippen molar-refractivity contribution in [2.24, 2.45) is 0 Å². The van der Waals surface area contributed by atoms with Gasteiger partial charge >= 0.3 is 0 Å². The van der Waals surface area contributed by atoms with Crippen molar-refractivity contribution >= 4 is 42.3 Å². The monoisotopic (exact) mass is 692 g/mol. The average Bonchev–Trinajstić information content (AvgIpc) is 3.60. The summed E-state index contributed by atoms with van der Waals surface area (Å²) in [5, 5.41) is 5.07. The van der Waals surface area contributed by atoms with Crippen LogP contribution in [-0.2, 0) is 0 Å². The van der Waals surface area contributed by atoms with E-state index < -0.39 is 0 Å². The standard InChI is InChI=1S/C50H32N2S/c1-5-15-33(16-6-1)39-25-41(27-42(26-39)46-32-45(35-19-9-3-10-20-35)51-50(52-46)36-21-11-4-12-22-36)43-29-40(34-17-7-2-8-18-34)31-48-49(43)44-28-37-23-13-14-24-38(37)30-47(44)53-48/h1-32H. The van der Waals surface area contributed by atoms with Crippen molar-refractivity contribution in [2.75, 3.05) is 0 Å². The molecule has 0 saturated carbocycles. The molecule has 3 heteroatoms. The number of hydrogen-bond donors (Lipinski definition) is 0. The van der Waals surface area contributed by atoms with Crippen molar-refractivity contribution < 1.29 is 0 Å². The number of thiophene rings is 1. The van der Waals surface area contributed by atoms with E-state index in [1.54, 1.807) is 0 Å². The number of benzene rings is 8. The van der Waals surface area contributed by atoms with Gasteiger partial charge in [-0.1, -0.05) is 146 Å². The Balaban J connectivity index is 1.27. The van der Waals surface area contributed by atoms with Crippen molar-refractivity contribution in [1.82, 2.24) is 9.97 Å². The summed E-state index contributed by atoms with van der Waals surface area (Å²) < 4.78 is 2.57. The molecule has 0 N–H and O–H groups in total. The summed E-state index contributed by atoms with van der Waals surface area (Å²) in [4.78, 5) is 10.4. The molecule has 0 spiro atoms. The minimum absolute atomic E-state index is 0.706. The van der Waals surface area contributed by atoms with E-state index in [1.807, 2.05) is 35.6 Å². The zero-order chi connectivity index (χ0) is 35.1. The first-order valence-electron chi connectivity index (χ1n) is 17.9. The van der Waals surface area contributed by atoms with Gasteiger partial charge in [0.25, 0.3) is 0 Å². The van der Waals surface area contributed by atoms with Crippen LogP contribution in [0, 0.1) is 0 Å². The van der Waals surface area contributed by atoms with Gasteiger partial charge in [-0.15, -0.1) is 11.3 Å². The molecule has 0 amide bonds. The van der Waals surface area contributed by atoms with Gasteiger partial charge in [-0.2, -0.15) is 0 Å². The van der Waals surface area contributed by atoms with Crippen LogP contribution in [0.25, 0.3) is 98.2 Å². The Morgan fingerprint density at radius 3 is 1.45 bits per heavy atom. The fraction of sp³-hybridized carbons (Fsp3) is 0. The molecule has 0 radical (unpaired) electrons. The summed E-state index contributed by atoms with van der Waals surface area (Å²) in [7, 11) is 0. The Morgan fingerprint density at radius 2 is 0.811 bits per heavy atom. The van der Waals surface area contributed by atoms with Crippen molar-refractivity contribution in [3.05, 3.63) is 194 Å². The van der Waals surface area contributed by atoms with E-state index in [0.717, 1.165) is 44.8 Å². The highest BCUT2D eigenvalue weighted by atomic mass is 32.1.